The van der Waals surface area contributed by atoms with E-state index in [2.05, 4.69) is 15.4 Å². The van der Waals surface area contributed by atoms with Crippen LogP contribution in [-0.4, -0.2) is 43.4 Å². The zero-order valence-electron chi connectivity index (χ0n) is 12.7. The summed E-state index contributed by atoms with van der Waals surface area (Å²) in [5.74, 6) is 0. The number of hydrogen-bond donors (Lipinski definition) is 2. The smallest absolute Gasteiger partial charge is 0.411 e. The molecule has 0 radical (unpaired) electrons. The van der Waals surface area contributed by atoms with E-state index in [-0.39, 0.29) is 6.54 Å². The molecule has 0 saturated carbocycles. The van der Waals surface area contributed by atoms with E-state index in [0.717, 1.165) is 4.90 Å². The Hall–Kier alpha value is -2.45. The summed E-state index contributed by atoms with van der Waals surface area (Å²) in [6, 6.07) is 5.46. The second kappa shape index (κ2) is 8.25. The molecule has 9 heteroatoms. The fourth-order valence-electron chi connectivity index (χ4n) is 1.67. The molecule has 0 aliphatic carbocycles. The molecule has 0 fully saturated rings. The fourth-order valence-corrected chi connectivity index (χ4v) is 1.67. The minimum Gasteiger partial charge on any atom is -0.453 e. The Morgan fingerprint density at radius 1 is 1.13 bits per heavy atom. The topological polar surface area (TPSA) is 70.7 Å². The summed E-state index contributed by atoms with van der Waals surface area (Å²) in [4.78, 5) is 24.0. The van der Waals surface area contributed by atoms with E-state index < -0.39 is 31.3 Å². The number of amides is 3. The number of rotatable bonds is 5. The number of alkyl halides is 3. The summed E-state index contributed by atoms with van der Waals surface area (Å²) in [5, 5.41) is 4.93. The van der Waals surface area contributed by atoms with Gasteiger partial charge < -0.3 is 15.0 Å². The summed E-state index contributed by atoms with van der Waals surface area (Å²) in [5.41, 5.74) is 0.857. The van der Waals surface area contributed by atoms with Crippen molar-refractivity contribution in [3.8, 4) is 0 Å². The minimum absolute atomic E-state index is 0.157. The number of carbonyl (C=O) groups excluding carboxylic acids is 2. The van der Waals surface area contributed by atoms with Gasteiger partial charge >= 0.3 is 18.3 Å². The summed E-state index contributed by atoms with van der Waals surface area (Å²) in [6.45, 7) is 1.34. The molecule has 0 spiro atoms. The number of nitrogens with one attached hydrogen (secondary N) is 2. The molecule has 0 aliphatic rings. The molecule has 2 N–H and O–H groups in total. The molecule has 1 aromatic rings. The van der Waals surface area contributed by atoms with Crippen LogP contribution in [0.5, 0.6) is 0 Å². The van der Waals surface area contributed by atoms with E-state index in [1.165, 1.54) is 31.4 Å². The van der Waals surface area contributed by atoms with Gasteiger partial charge in [0.15, 0.2) is 0 Å². The van der Waals surface area contributed by atoms with E-state index in [4.69, 9.17) is 0 Å². The lowest BCUT2D eigenvalue weighted by Crippen LogP contribution is -2.37. The molecule has 0 aliphatic heterocycles. The highest BCUT2D eigenvalue weighted by atomic mass is 19.4. The first-order chi connectivity index (χ1) is 10.7. The van der Waals surface area contributed by atoms with Gasteiger partial charge in [0, 0.05) is 24.5 Å². The Labute approximate surface area is 131 Å². The average molecular weight is 333 g/mol. The maximum atomic E-state index is 12.2. The van der Waals surface area contributed by atoms with Crippen LogP contribution in [0.25, 0.3) is 0 Å². The third-order valence-corrected chi connectivity index (χ3v) is 2.90. The van der Waals surface area contributed by atoms with Crippen LogP contribution in [0.4, 0.5) is 34.1 Å². The number of ether oxygens (including phenoxy) is 1. The Balaban J connectivity index is 2.59. The minimum atomic E-state index is -4.31. The molecule has 0 bridgehead atoms. The van der Waals surface area contributed by atoms with E-state index in [1.54, 1.807) is 6.92 Å². The van der Waals surface area contributed by atoms with Gasteiger partial charge in [0.1, 0.15) is 0 Å². The van der Waals surface area contributed by atoms with Crippen molar-refractivity contribution >= 4 is 23.5 Å². The largest absolute Gasteiger partial charge is 0.453 e. The normalized spacial score (nSPS) is 10.8. The van der Waals surface area contributed by atoms with Crippen LogP contribution in [0.2, 0.25) is 0 Å². The van der Waals surface area contributed by atoms with Crippen molar-refractivity contribution in [1.82, 2.24) is 4.90 Å². The highest BCUT2D eigenvalue weighted by molar-refractivity contribution is 5.90. The maximum Gasteiger partial charge on any atom is 0.411 e. The number of anilines is 2. The third-order valence-electron chi connectivity index (χ3n) is 2.90. The number of hydrogen-bond acceptors (Lipinski definition) is 3. The molecule has 128 valence electrons. The van der Waals surface area contributed by atoms with Gasteiger partial charge in [-0.05, 0) is 31.2 Å². The molecular formula is C14H18F3N3O3. The predicted molar refractivity (Wildman–Crippen MR) is 79.4 cm³/mol. The second-order valence-electron chi connectivity index (χ2n) is 4.57. The number of benzene rings is 1. The van der Waals surface area contributed by atoms with Gasteiger partial charge in [-0.1, -0.05) is 0 Å². The molecular weight excluding hydrogens is 315 g/mol. The maximum absolute atomic E-state index is 12.2. The van der Waals surface area contributed by atoms with Crippen LogP contribution < -0.4 is 10.6 Å². The summed E-state index contributed by atoms with van der Waals surface area (Å²) in [6.07, 6.45) is -6.00. The Morgan fingerprint density at radius 3 is 2.09 bits per heavy atom. The highest BCUT2D eigenvalue weighted by Crippen LogP contribution is 2.20. The van der Waals surface area contributed by atoms with Crippen LogP contribution in [-0.2, 0) is 4.74 Å². The predicted octanol–water partition coefficient (Wildman–Crippen LogP) is 3.67. The lowest BCUT2D eigenvalue weighted by atomic mass is 10.3. The van der Waals surface area contributed by atoms with Gasteiger partial charge in [-0.15, -0.1) is 0 Å². The second-order valence-corrected chi connectivity index (χ2v) is 4.57. The zero-order valence-corrected chi connectivity index (χ0v) is 12.7. The van der Waals surface area contributed by atoms with Crippen molar-refractivity contribution in [3.05, 3.63) is 24.3 Å². The lowest BCUT2D eigenvalue weighted by molar-refractivity contribution is -0.136. The van der Waals surface area contributed by atoms with E-state index in [0.29, 0.717) is 11.4 Å². The Morgan fingerprint density at radius 2 is 1.65 bits per heavy atom. The first-order valence-electron chi connectivity index (χ1n) is 6.83. The van der Waals surface area contributed by atoms with Gasteiger partial charge in [-0.3, -0.25) is 5.32 Å². The number of halogens is 3. The first kappa shape index (κ1) is 18.6. The summed E-state index contributed by atoms with van der Waals surface area (Å²) < 4.78 is 41.1. The van der Waals surface area contributed by atoms with E-state index in [1.807, 2.05) is 0 Å². The molecule has 0 unspecified atom stereocenters. The molecule has 0 heterocycles. The molecule has 3 amide bonds. The molecule has 6 nitrogen and oxygen atoms in total. The van der Waals surface area contributed by atoms with Gasteiger partial charge in [0.25, 0.3) is 0 Å². The average Bonchev–Trinajstić information content (AvgIpc) is 2.48. The zero-order chi connectivity index (χ0) is 17.5. The van der Waals surface area contributed by atoms with Crippen molar-refractivity contribution in [2.75, 3.05) is 30.8 Å². The number of carbonyl (C=O) groups is 2. The highest BCUT2D eigenvalue weighted by Gasteiger charge is 2.28. The van der Waals surface area contributed by atoms with Crippen molar-refractivity contribution in [2.24, 2.45) is 0 Å². The quantitative estimate of drug-likeness (QED) is 0.864. The van der Waals surface area contributed by atoms with Gasteiger partial charge in [-0.25, -0.2) is 9.59 Å². The number of nitrogens with zero attached hydrogens (tertiary/aromatic N) is 1. The van der Waals surface area contributed by atoms with Crippen LogP contribution in [0, 0.1) is 0 Å². The third kappa shape index (κ3) is 6.90. The van der Waals surface area contributed by atoms with Crippen molar-refractivity contribution < 1.29 is 27.5 Å². The molecule has 0 atom stereocenters. The van der Waals surface area contributed by atoms with E-state index >= 15 is 0 Å². The van der Waals surface area contributed by atoms with Crippen molar-refractivity contribution in [3.63, 3.8) is 0 Å². The fraction of sp³-hybridized carbons (Fsp3) is 0.429. The van der Waals surface area contributed by atoms with Crippen LogP contribution in [0.1, 0.15) is 13.3 Å². The van der Waals surface area contributed by atoms with Crippen LogP contribution in [0.15, 0.2) is 24.3 Å². The Bertz CT molecular complexity index is 532. The number of urea groups is 1. The first-order valence-corrected chi connectivity index (χ1v) is 6.83. The monoisotopic (exact) mass is 333 g/mol. The molecule has 1 aromatic carbocycles. The molecule has 0 saturated heterocycles. The van der Waals surface area contributed by atoms with E-state index in [9.17, 15) is 22.8 Å². The summed E-state index contributed by atoms with van der Waals surface area (Å²) >= 11 is 0. The lowest BCUT2D eigenvalue weighted by Gasteiger charge is -2.22. The van der Waals surface area contributed by atoms with Crippen LogP contribution in [0.3, 0.4) is 0 Å². The molecule has 0 aromatic heterocycles. The van der Waals surface area contributed by atoms with Gasteiger partial charge in [0.2, 0.25) is 0 Å². The van der Waals surface area contributed by atoms with Gasteiger partial charge in [0.05, 0.1) is 13.5 Å². The molecule has 23 heavy (non-hydrogen) atoms. The van der Waals surface area contributed by atoms with Crippen molar-refractivity contribution in [1.29, 1.82) is 0 Å². The standard InChI is InChI=1S/C14H18F3N3O3/c1-3-20(9-8-14(15,16)17)12(21)18-10-4-6-11(7-5-10)19-13(22)23-2/h4-7H,3,8-9H2,1-2H3,(H,18,21)(H,19,22). The Kier molecular flexibility index (Phi) is 6.67. The van der Waals surface area contributed by atoms with Crippen LogP contribution >= 0.6 is 0 Å². The summed E-state index contributed by atoms with van der Waals surface area (Å²) in [7, 11) is 1.23. The van der Waals surface area contributed by atoms with Crippen molar-refractivity contribution in [2.45, 2.75) is 19.5 Å². The van der Waals surface area contributed by atoms with Gasteiger partial charge in [-0.2, -0.15) is 13.2 Å². The number of methoxy groups -OCH3 is 1. The molecule has 1 rings (SSSR count). The SMILES string of the molecule is CCN(CCC(F)(F)F)C(=O)Nc1ccc(NC(=O)OC)cc1.